The van der Waals surface area contributed by atoms with Gasteiger partial charge in [-0.15, -0.1) is 11.3 Å². The van der Waals surface area contributed by atoms with Crippen molar-refractivity contribution < 1.29 is 14.3 Å². The molecule has 0 saturated carbocycles. The molecule has 8 heteroatoms. The van der Waals surface area contributed by atoms with Gasteiger partial charge in [-0.2, -0.15) is 0 Å². The number of carbonyl (C=O) groups excluding carboxylic acids is 2. The number of hydrogen-bond donors (Lipinski definition) is 1. The predicted octanol–water partition coefficient (Wildman–Crippen LogP) is 5.11. The summed E-state index contributed by atoms with van der Waals surface area (Å²) in [4.78, 5) is 37.4. The second-order valence-electron chi connectivity index (χ2n) is 8.15. The highest BCUT2D eigenvalue weighted by Crippen LogP contribution is 2.39. The van der Waals surface area contributed by atoms with Crippen LogP contribution in [0.2, 0.25) is 0 Å². The summed E-state index contributed by atoms with van der Waals surface area (Å²) < 4.78 is 5.65. The average molecular weight is 485 g/mol. The number of anilines is 2. The van der Waals surface area contributed by atoms with Crippen molar-refractivity contribution in [2.24, 2.45) is 0 Å². The third-order valence-corrected chi connectivity index (χ3v) is 6.82. The number of fused-ring (bicyclic) bond motifs is 1. The molecular weight excluding hydrogens is 460 g/mol. The van der Waals surface area contributed by atoms with Gasteiger partial charge in [0.25, 0.3) is 5.91 Å². The summed E-state index contributed by atoms with van der Waals surface area (Å²) in [5.41, 5.74) is 4.84. The molecule has 0 unspecified atom stereocenters. The highest BCUT2D eigenvalue weighted by atomic mass is 32.1. The number of nitrogens with zero attached hydrogens (tertiary/aromatic N) is 3. The Hall–Kier alpha value is -4.04. The maximum Gasteiger partial charge on any atom is 0.265 e. The van der Waals surface area contributed by atoms with Crippen molar-refractivity contribution in [2.75, 3.05) is 23.4 Å². The molecule has 35 heavy (non-hydrogen) atoms. The quantitative estimate of drug-likeness (QED) is 0.411. The molecule has 0 atom stereocenters. The number of ether oxygens (including phenoxy) is 1. The summed E-state index contributed by atoms with van der Waals surface area (Å²) in [6.45, 7) is 3.83. The van der Waals surface area contributed by atoms with Crippen molar-refractivity contribution in [2.45, 2.75) is 20.3 Å². The number of hydrogen-bond acceptors (Lipinski definition) is 6. The van der Waals surface area contributed by atoms with E-state index in [2.05, 4.69) is 10.3 Å². The lowest BCUT2D eigenvalue weighted by Crippen LogP contribution is -2.43. The molecule has 2 aromatic heterocycles. The van der Waals surface area contributed by atoms with Crippen molar-refractivity contribution >= 4 is 34.5 Å². The molecular formula is C27H24N4O3S. The largest absolute Gasteiger partial charge is 0.482 e. The molecule has 1 aliphatic rings. The van der Waals surface area contributed by atoms with E-state index in [-0.39, 0.29) is 25.0 Å². The maximum absolute atomic E-state index is 12.9. The van der Waals surface area contributed by atoms with Gasteiger partial charge in [-0.25, -0.2) is 4.98 Å². The van der Waals surface area contributed by atoms with Gasteiger partial charge in [0.05, 0.1) is 17.1 Å². The molecule has 3 heterocycles. The molecule has 0 radical (unpaired) electrons. The topological polar surface area (TPSA) is 84.4 Å². The molecule has 0 fully saturated rings. The van der Waals surface area contributed by atoms with Gasteiger partial charge in [0, 0.05) is 22.3 Å². The molecule has 4 aromatic rings. The number of aryl methyl sites for hydroxylation is 2. The SMILES string of the molecule is CCc1ccccc1NC(=O)CN1C(=O)COc2ccc(-c3nc(-c4ccccn4)sc3C)cc21. The Morgan fingerprint density at radius 3 is 2.77 bits per heavy atom. The second kappa shape index (κ2) is 9.68. The molecule has 1 aliphatic heterocycles. The first kappa shape index (κ1) is 22.7. The van der Waals surface area contributed by atoms with Crippen molar-refractivity contribution in [3.8, 4) is 27.7 Å². The summed E-state index contributed by atoms with van der Waals surface area (Å²) >= 11 is 1.57. The standard InChI is InChI=1S/C27H24N4O3S/c1-3-18-8-4-5-9-20(18)29-24(32)15-31-22-14-19(11-12-23(22)34-16-25(31)33)26-17(2)35-27(30-26)21-10-6-7-13-28-21/h4-14H,3,15-16H2,1-2H3,(H,29,32). The zero-order valence-electron chi connectivity index (χ0n) is 19.4. The number of carbonyl (C=O) groups is 2. The molecule has 0 spiro atoms. The monoisotopic (exact) mass is 484 g/mol. The first-order chi connectivity index (χ1) is 17.0. The highest BCUT2D eigenvalue weighted by molar-refractivity contribution is 7.15. The van der Waals surface area contributed by atoms with Gasteiger partial charge >= 0.3 is 0 Å². The fourth-order valence-electron chi connectivity index (χ4n) is 4.07. The lowest BCUT2D eigenvalue weighted by molar-refractivity contribution is -0.123. The fourth-order valence-corrected chi connectivity index (χ4v) is 4.98. The van der Waals surface area contributed by atoms with E-state index in [1.807, 2.05) is 74.5 Å². The highest BCUT2D eigenvalue weighted by Gasteiger charge is 2.28. The number of para-hydroxylation sites is 1. The second-order valence-corrected chi connectivity index (χ2v) is 9.35. The van der Waals surface area contributed by atoms with Crippen LogP contribution in [0.3, 0.4) is 0 Å². The van der Waals surface area contributed by atoms with E-state index in [1.54, 1.807) is 17.5 Å². The van der Waals surface area contributed by atoms with Gasteiger partial charge in [0.15, 0.2) is 6.61 Å². The average Bonchev–Trinajstić information content (AvgIpc) is 3.28. The van der Waals surface area contributed by atoms with E-state index < -0.39 is 0 Å². The lowest BCUT2D eigenvalue weighted by Gasteiger charge is -2.29. The van der Waals surface area contributed by atoms with E-state index in [9.17, 15) is 9.59 Å². The number of pyridine rings is 1. The van der Waals surface area contributed by atoms with Crippen LogP contribution in [-0.4, -0.2) is 34.9 Å². The van der Waals surface area contributed by atoms with Crippen LogP contribution in [0.25, 0.3) is 22.0 Å². The Morgan fingerprint density at radius 1 is 1.14 bits per heavy atom. The Kier molecular flexibility index (Phi) is 6.29. The Morgan fingerprint density at radius 2 is 1.97 bits per heavy atom. The molecule has 5 rings (SSSR count). The minimum atomic E-state index is -0.266. The van der Waals surface area contributed by atoms with Crippen molar-refractivity contribution in [1.82, 2.24) is 9.97 Å². The number of amides is 2. The van der Waals surface area contributed by atoms with Gasteiger partial charge in [-0.3, -0.25) is 19.5 Å². The fraction of sp³-hybridized carbons (Fsp3) is 0.185. The molecule has 1 N–H and O–H groups in total. The summed E-state index contributed by atoms with van der Waals surface area (Å²) in [6.07, 6.45) is 2.54. The van der Waals surface area contributed by atoms with Crippen LogP contribution < -0.4 is 15.0 Å². The van der Waals surface area contributed by atoms with Gasteiger partial charge in [0.1, 0.15) is 17.3 Å². The number of aromatic nitrogens is 2. The third-order valence-electron chi connectivity index (χ3n) is 5.83. The molecule has 2 aromatic carbocycles. The molecule has 0 aliphatic carbocycles. The van der Waals surface area contributed by atoms with Crippen LogP contribution in [0.5, 0.6) is 5.75 Å². The zero-order valence-corrected chi connectivity index (χ0v) is 20.3. The molecule has 2 amide bonds. The number of benzene rings is 2. The Bertz CT molecular complexity index is 1400. The lowest BCUT2D eigenvalue weighted by atomic mass is 10.1. The summed E-state index contributed by atoms with van der Waals surface area (Å²) in [6, 6.07) is 19.0. The Balaban J connectivity index is 1.43. The summed E-state index contributed by atoms with van der Waals surface area (Å²) in [5.74, 6) is 0.0328. The number of rotatable bonds is 6. The molecule has 176 valence electrons. The van der Waals surface area contributed by atoms with E-state index in [0.717, 1.165) is 44.5 Å². The van der Waals surface area contributed by atoms with E-state index in [4.69, 9.17) is 9.72 Å². The van der Waals surface area contributed by atoms with Gasteiger partial charge in [-0.05, 0) is 55.3 Å². The number of thiazole rings is 1. The van der Waals surface area contributed by atoms with Gasteiger partial charge in [-0.1, -0.05) is 31.2 Å². The van der Waals surface area contributed by atoms with Crippen molar-refractivity contribution in [1.29, 1.82) is 0 Å². The van der Waals surface area contributed by atoms with E-state index in [0.29, 0.717) is 11.4 Å². The van der Waals surface area contributed by atoms with Crippen LogP contribution in [0, 0.1) is 6.92 Å². The van der Waals surface area contributed by atoms with Crippen molar-refractivity contribution in [3.63, 3.8) is 0 Å². The minimum absolute atomic E-state index is 0.105. The molecule has 7 nitrogen and oxygen atoms in total. The van der Waals surface area contributed by atoms with Crippen LogP contribution in [0.1, 0.15) is 17.4 Å². The van der Waals surface area contributed by atoms with Gasteiger partial charge < -0.3 is 10.1 Å². The molecule has 0 saturated heterocycles. The Labute approximate surface area is 207 Å². The predicted molar refractivity (Wildman–Crippen MR) is 138 cm³/mol. The van der Waals surface area contributed by atoms with Crippen LogP contribution in [0.4, 0.5) is 11.4 Å². The summed E-state index contributed by atoms with van der Waals surface area (Å²) in [5, 5.41) is 3.77. The third kappa shape index (κ3) is 4.65. The minimum Gasteiger partial charge on any atom is -0.482 e. The van der Waals surface area contributed by atoms with Gasteiger partial charge in [0.2, 0.25) is 5.91 Å². The smallest absolute Gasteiger partial charge is 0.265 e. The van der Waals surface area contributed by atoms with Crippen LogP contribution in [-0.2, 0) is 16.0 Å². The van der Waals surface area contributed by atoms with E-state index in [1.165, 1.54) is 4.90 Å². The number of nitrogens with one attached hydrogen (secondary N) is 1. The van der Waals surface area contributed by atoms with Crippen LogP contribution in [0.15, 0.2) is 66.9 Å². The van der Waals surface area contributed by atoms with Crippen molar-refractivity contribution in [3.05, 3.63) is 77.3 Å². The first-order valence-electron chi connectivity index (χ1n) is 11.4. The van der Waals surface area contributed by atoms with Crippen LogP contribution >= 0.6 is 11.3 Å². The zero-order chi connectivity index (χ0) is 24.4. The van der Waals surface area contributed by atoms with E-state index >= 15 is 0 Å². The first-order valence-corrected chi connectivity index (χ1v) is 12.2. The maximum atomic E-state index is 12.9. The summed E-state index contributed by atoms with van der Waals surface area (Å²) in [7, 11) is 0. The normalized spacial score (nSPS) is 12.7. The molecule has 0 bridgehead atoms.